The molecule has 0 aliphatic rings. The third-order valence-electron chi connectivity index (χ3n) is 4.41. The molecular weight excluding hydrogens is 392 g/mol. The molecule has 3 rings (SSSR count). The molecule has 2 aromatic carbocycles. The van der Waals surface area contributed by atoms with Gasteiger partial charge in [-0.2, -0.15) is 0 Å². The summed E-state index contributed by atoms with van der Waals surface area (Å²) in [5, 5.41) is 0. The van der Waals surface area contributed by atoms with Gasteiger partial charge >= 0.3 is 0 Å². The van der Waals surface area contributed by atoms with Gasteiger partial charge in [0.25, 0.3) is 15.9 Å². The number of nitrogens with zero attached hydrogens (tertiary/aromatic N) is 1. The SMILES string of the molecule is COc1ccc(NS(=O)(=O)c2ccc(C)c(C(=O)N(C)Cc3ccco3)c2)cc1. The highest BCUT2D eigenvalue weighted by Gasteiger charge is 2.21. The molecule has 3 aromatic rings. The molecule has 1 heterocycles. The van der Waals surface area contributed by atoms with Crippen LogP contribution in [0.25, 0.3) is 0 Å². The van der Waals surface area contributed by atoms with Gasteiger partial charge in [0.2, 0.25) is 0 Å². The molecule has 0 bridgehead atoms. The van der Waals surface area contributed by atoms with Crippen LogP contribution in [0.4, 0.5) is 5.69 Å². The lowest BCUT2D eigenvalue weighted by molar-refractivity contribution is 0.0774. The fraction of sp³-hybridized carbons (Fsp3) is 0.190. The monoisotopic (exact) mass is 414 g/mol. The molecule has 152 valence electrons. The van der Waals surface area contributed by atoms with E-state index >= 15 is 0 Å². The quantitative estimate of drug-likeness (QED) is 0.637. The summed E-state index contributed by atoms with van der Waals surface area (Å²) >= 11 is 0. The highest BCUT2D eigenvalue weighted by molar-refractivity contribution is 7.92. The van der Waals surface area contributed by atoms with Crippen LogP contribution < -0.4 is 9.46 Å². The molecular formula is C21H22N2O5S. The Bertz CT molecular complexity index is 1090. The van der Waals surface area contributed by atoms with Crippen molar-refractivity contribution < 1.29 is 22.4 Å². The molecule has 0 saturated heterocycles. The van der Waals surface area contributed by atoms with Crippen molar-refractivity contribution in [2.75, 3.05) is 18.9 Å². The van der Waals surface area contributed by atoms with Gasteiger partial charge in [-0.15, -0.1) is 0 Å². The number of hydrogen-bond donors (Lipinski definition) is 1. The molecule has 1 aromatic heterocycles. The van der Waals surface area contributed by atoms with E-state index in [1.807, 2.05) is 0 Å². The van der Waals surface area contributed by atoms with E-state index in [-0.39, 0.29) is 17.3 Å². The Balaban J connectivity index is 1.83. The zero-order valence-corrected chi connectivity index (χ0v) is 17.2. The van der Waals surface area contributed by atoms with Crippen molar-refractivity contribution in [2.45, 2.75) is 18.4 Å². The van der Waals surface area contributed by atoms with Gasteiger partial charge in [0.1, 0.15) is 11.5 Å². The Morgan fingerprint density at radius 1 is 1.14 bits per heavy atom. The van der Waals surface area contributed by atoms with E-state index in [9.17, 15) is 13.2 Å². The molecule has 0 spiro atoms. The van der Waals surface area contributed by atoms with Crippen LogP contribution in [-0.2, 0) is 16.6 Å². The summed E-state index contributed by atoms with van der Waals surface area (Å²) in [6.07, 6.45) is 1.54. The largest absolute Gasteiger partial charge is 0.497 e. The van der Waals surface area contributed by atoms with E-state index in [2.05, 4.69) is 4.72 Å². The van der Waals surface area contributed by atoms with Crippen LogP contribution in [0.2, 0.25) is 0 Å². The molecule has 0 aliphatic carbocycles. The smallest absolute Gasteiger partial charge is 0.261 e. The molecule has 8 heteroatoms. The third-order valence-corrected chi connectivity index (χ3v) is 5.79. The van der Waals surface area contributed by atoms with Gasteiger partial charge in [0.05, 0.1) is 24.8 Å². The molecule has 0 unspecified atom stereocenters. The van der Waals surface area contributed by atoms with Crippen LogP contribution in [0.5, 0.6) is 5.75 Å². The summed E-state index contributed by atoms with van der Waals surface area (Å²) in [5.74, 6) is 0.972. The molecule has 0 atom stereocenters. The summed E-state index contributed by atoms with van der Waals surface area (Å²) in [4.78, 5) is 14.3. The highest BCUT2D eigenvalue weighted by Crippen LogP contribution is 2.22. The second-order valence-corrected chi connectivity index (χ2v) is 8.23. The average Bonchev–Trinajstić information content (AvgIpc) is 3.21. The van der Waals surface area contributed by atoms with Gasteiger partial charge in [0.15, 0.2) is 0 Å². The molecule has 1 amide bonds. The molecule has 0 radical (unpaired) electrons. The second kappa shape index (κ2) is 8.40. The fourth-order valence-electron chi connectivity index (χ4n) is 2.79. The first kappa shape index (κ1) is 20.5. The summed E-state index contributed by atoms with van der Waals surface area (Å²) in [7, 11) is -0.687. The Morgan fingerprint density at radius 2 is 1.86 bits per heavy atom. The van der Waals surface area contributed by atoms with Crippen LogP contribution in [0.15, 0.2) is 70.2 Å². The minimum Gasteiger partial charge on any atom is -0.497 e. The average molecular weight is 414 g/mol. The number of furan rings is 1. The van der Waals surface area contributed by atoms with Crippen molar-refractivity contribution in [3.8, 4) is 5.75 Å². The number of ether oxygens (including phenoxy) is 1. The summed E-state index contributed by atoms with van der Waals surface area (Å²) in [6.45, 7) is 2.05. The van der Waals surface area contributed by atoms with Gasteiger partial charge in [-0.05, 0) is 61.0 Å². The first-order valence-corrected chi connectivity index (χ1v) is 10.3. The lowest BCUT2D eigenvalue weighted by Crippen LogP contribution is -2.27. The maximum absolute atomic E-state index is 12.9. The van der Waals surface area contributed by atoms with Crippen LogP contribution in [-0.4, -0.2) is 33.4 Å². The number of carbonyl (C=O) groups excluding carboxylic acids is 1. The molecule has 7 nitrogen and oxygen atoms in total. The second-order valence-electron chi connectivity index (χ2n) is 6.55. The number of sulfonamides is 1. The first-order chi connectivity index (χ1) is 13.8. The van der Waals surface area contributed by atoms with Crippen molar-refractivity contribution >= 4 is 21.6 Å². The Hall–Kier alpha value is -3.26. The normalized spacial score (nSPS) is 11.1. The fourth-order valence-corrected chi connectivity index (χ4v) is 3.87. The lowest BCUT2D eigenvalue weighted by atomic mass is 10.1. The van der Waals surface area contributed by atoms with Gasteiger partial charge in [-0.1, -0.05) is 6.07 Å². The summed E-state index contributed by atoms with van der Waals surface area (Å²) < 4.78 is 38.4. The van der Waals surface area contributed by atoms with E-state index in [4.69, 9.17) is 9.15 Å². The Labute approximate surface area is 170 Å². The number of carbonyl (C=O) groups is 1. The maximum atomic E-state index is 12.9. The zero-order valence-electron chi connectivity index (χ0n) is 16.4. The minimum absolute atomic E-state index is 0.00802. The van der Waals surface area contributed by atoms with Crippen molar-refractivity contribution in [1.29, 1.82) is 0 Å². The van der Waals surface area contributed by atoms with Crippen molar-refractivity contribution in [3.05, 3.63) is 77.7 Å². The summed E-state index contributed by atoms with van der Waals surface area (Å²) in [6, 6.07) is 14.5. The number of rotatable bonds is 7. The van der Waals surface area contributed by atoms with Gasteiger partial charge in [0, 0.05) is 18.3 Å². The maximum Gasteiger partial charge on any atom is 0.261 e. The number of methoxy groups -OCH3 is 1. The number of hydrogen-bond acceptors (Lipinski definition) is 5. The highest BCUT2D eigenvalue weighted by atomic mass is 32.2. The Kier molecular flexibility index (Phi) is 5.93. The minimum atomic E-state index is -3.86. The van der Waals surface area contributed by atoms with Gasteiger partial charge in [-0.25, -0.2) is 8.42 Å². The molecule has 0 fully saturated rings. The number of nitrogens with one attached hydrogen (secondary N) is 1. The van der Waals surface area contributed by atoms with E-state index in [0.29, 0.717) is 28.3 Å². The number of aryl methyl sites for hydroxylation is 1. The topological polar surface area (TPSA) is 88.8 Å². The van der Waals surface area contributed by atoms with Crippen LogP contribution >= 0.6 is 0 Å². The van der Waals surface area contributed by atoms with E-state index < -0.39 is 10.0 Å². The number of amides is 1. The third kappa shape index (κ3) is 4.78. The summed E-state index contributed by atoms with van der Waals surface area (Å²) in [5.41, 5.74) is 1.40. The Morgan fingerprint density at radius 3 is 2.48 bits per heavy atom. The van der Waals surface area contributed by atoms with E-state index in [0.717, 1.165) is 0 Å². The zero-order chi connectivity index (χ0) is 21.0. The predicted octanol–water partition coefficient (Wildman–Crippen LogP) is 3.67. The number of anilines is 1. The molecule has 0 aliphatic heterocycles. The van der Waals surface area contributed by atoms with E-state index in [1.165, 1.54) is 30.4 Å². The lowest BCUT2D eigenvalue weighted by Gasteiger charge is -2.18. The standard InChI is InChI=1S/C21H22N2O5S/c1-15-6-11-19(29(25,26)22-16-7-9-17(27-3)10-8-16)13-20(15)21(24)23(2)14-18-5-4-12-28-18/h4-13,22H,14H2,1-3H3. The van der Waals surface area contributed by atoms with Crippen LogP contribution in [0.3, 0.4) is 0 Å². The predicted molar refractivity (Wildman–Crippen MR) is 109 cm³/mol. The van der Waals surface area contributed by atoms with Crippen molar-refractivity contribution in [3.63, 3.8) is 0 Å². The van der Waals surface area contributed by atoms with Crippen molar-refractivity contribution in [1.82, 2.24) is 4.90 Å². The van der Waals surface area contributed by atoms with Gasteiger partial charge in [-0.3, -0.25) is 9.52 Å². The number of benzene rings is 2. The molecule has 1 N–H and O–H groups in total. The molecule has 29 heavy (non-hydrogen) atoms. The molecule has 0 saturated carbocycles. The van der Waals surface area contributed by atoms with Crippen LogP contribution in [0.1, 0.15) is 21.7 Å². The van der Waals surface area contributed by atoms with Crippen molar-refractivity contribution in [2.24, 2.45) is 0 Å². The van der Waals surface area contributed by atoms with Crippen LogP contribution in [0, 0.1) is 6.92 Å². The first-order valence-electron chi connectivity index (χ1n) is 8.85. The van der Waals surface area contributed by atoms with Gasteiger partial charge < -0.3 is 14.1 Å². The van der Waals surface area contributed by atoms with E-state index in [1.54, 1.807) is 56.4 Å².